The number of carbonyl (C=O) groups is 3. The average molecular weight is 436 g/mol. The number of amidine groups is 2. The van der Waals surface area contributed by atoms with E-state index in [0.29, 0.717) is 45.2 Å². The minimum Gasteiger partial charge on any atom is -0.450 e. The van der Waals surface area contributed by atoms with Crippen LogP contribution >= 0.6 is 0 Å². The van der Waals surface area contributed by atoms with E-state index in [0.717, 1.165) is 38.1 Å². The molecule has 0 N–H and O–H groups in total. The molecule has 2 fully saturated rings. The first-order chi connectivity index (χ1) is 14.9. The molecular formula is C21H35N6O4+. The van der Waals surface area contributed by atoms with Crippen molar-refractivity contribution >= 4 is 29.7 Å². The van der Waals surface area contributed by atoms with Crippen molar-refractivity contribution in [2.45, 2.75) is 45.6 Å². The smallest absolute Gasteiger partial charge is 0.409 e. The van der Waals surface area contributed by atoms with E-state index in [-0.39, 0.29) is 18.0 Å². The monoisotopic (exact) mass is 435 g/mol. The van der Waals surface area contributed by atoms with E-state index in [1.807, 2.05) is 0 Å². The zero-order valence-corrected chi connectivity index (χ0v) is 19.2. The lowest BCUT2D eigenvalue weighted by Gasteiger charge is -2.33. The van der Waals surface area contributed by atoms with Crippen LogP contribution in [0.5, 0.6) is 0 Å². The maximum atomic E-state index is 13.0. The fourth-order valence-electron chi connectivity index (χ4n) is 4.25. The van der Waals surface area contributed by atoms with Crippen molar-refractivity contribution < 1.29 is 23.7 Å². The minimum absolute atomic E-state index is 0.223. The number of ether oxygens (including phenoxy) is 1. The molecule has 3 aliphatic rings. The zero-order chi connectivity index (χ0) is 22.5. The Labute approximate surface area is 184 Å². The first-order valence-electron chi connectivity index (χ1n) is 11.3. The molecule has 0 radical (unpaired) electrons. The standard InChI is InChI=1S/C21H35N6O4/c1-5-7-8-9-10-27-16(15-25-11-13-26(14-12-25)21(30)31-6-2)22-18-17(27)19(28)24(4)20(29)23(18)3/h17H,5-15H2,1-4H3/q+1. The number of rotatable bonds is 8. The molecule has 10 nitrogen and oxygen atoms in total. The lowest BCUT2D eigenvalue weighted by atomic mass is 10.1. The van der Waals surface area contributed by atoms with Crippen LogP contribution in [0.2, 0.25) is 0 Å². The Balaban J connectivity index is 1.74. The Morgan fingerprint density at radius 1 is 1.06 bits per heavy atom. The lowest BCUT2D eigenvalue weighted by molar-refractivity contribution is -0.537. The zero-order valence-electron chi connectivity index (χ0n) is 19.2. The summed E-state index contributed by atoms with van der Waals surface area (Å²) in [7, 11) is 3.20. The van der Waals surface area contributed by atoms with Crippen molar-refractivity contribution in [3.63, 3.8) is 0 Å². The highest BCUT2D eigenvalue weighted by atomic mass is 16.6. The summed E-state index contributed by atoms with van der Waals surface area (Å²) in [5.74, 6) is 1.12. The first kappa shape index (κ1) is 23.2. The molecule has 0 saturated carbocycles. The van der Waals surface area contributed by atoms with Crippen molar-refractivity contribution in [1.82, 2.24) is 19.6 Å². The number of urea groups is 1. The molecule has 1 unspecified atom stereocenters. The second kappa shape index (κ2) is 10.2. The van der Waals surface area contributed by atoms with Gasteiger partial charge in [-0.2, -0.15) is 0 Å². The Morgan fingerprint density at radius 3 is 2.42 bits per heavy atom. The number of piperazine rings is 1. The van der Waals surface area contributed by atoms with Gasteiger partial charge in [-0.25, -0.2) is 14.2 Å². The van der Waals surface area contributed by atoms with Crippen LogP contribution in [0.4, 0.5) is 9.59 Å². The van der Waals surface area contributed by atoms with Gasteiger partial charge in [-0.05, 0) is 24.8 Å². The van der Waals surface area contributed by atoms with Gasteiger partial charge in [0.2, 0.25) is 0 Å². The molecule has 0 bridgehead atoms. The van der Waals surface area contributed by atoms with Gasteiger partial charge in [0.15, 0.2) is 0 Å². The van der Waals surface area contributed by atoms with Crippen molar-refractivity contribution in [2.75, 3.05) is 60.0 Å². The van der Waals surface area contributed by atoms with E-state index >= 15 is 0 Å². The first-order valence-corrected chi connectivity index (χ1v) is 11.3. The van der Waals surface area contributed by atoms with Crippen molar-refractivity contribution in [1.29, 1.82) is 0 Å². The maximum Gasteiger partial charge on any atom is 0.409 e. The van der Waals surface area contributed by atoms with Crippen LogP contribution in [0.25, 0.3) is 0 Å². The number of imide groups is 1. The van der Waals surface area contributed by atoms with Crippen LogP contribution in [-0.4, -0.2) is 120 Å². The highest BCUT2D eigenvalue weighted by molar-refractivity contribution is 6.23. The van der Waals surface area contributed by atoms with Gasteiger partial charge in [0, 0.05) is 40.3 Å². The van der Waals surface area contributed by atoms with Crippen LogP contribution in [0.1, 0.15) is 39.5 Å². The van der Waals surface area contributed by atoms with Gasteiger partial charge >= 0.3 is 18.0 Å². The molecule has 0 aromatic rings. The van der Waals surface area contributed by atoms with Crippen LogP contribution < -0.4 is 0 Å². The molecule has 3 heterocycles. The Bertz CT molecular complexity index is 772. The van der Waals surface area contributed by atoms with E-state index in [1.165, 1.54) is 16.8 Å². The van der Waals surface area contributed by atoms with E-state index < -0.39 is 6.04 Å². The number of hydrogen-bond acceptors (Lipinski definition) is 6. The summed E-state index contributed by atoms with van der Waals surface area (Å²) in [6, 6.07) is -0.889. The molecule has 2 saturated heterocycles. The number of likely N-dealkylation sites (N-methyl/N-ethyl adjacent to an activating group) is 2. The molecule has 0 spiro atoms. The number of fused-ring (bicyclic) bond motifs is 1. The summed E-state index contributed by atoms with van der Waals surface area (Å²) in [4.78, 5) is 48.7. The molecule has 0 aromatic heterocycles. The summed E-state index contributed by atoms with van der Waals surface area (Å²) >= 11 is 0. The van der Waals surface area contributed by atoms with Crippen molar-refractivity contribution in [2.24, 2.45) is 4.99 Å². The largest absolute Gasteiger partial charge is 0.450 e. The summed E-state index contributed by atoms with van der Waals surface area (Å²) < 4.78 is 7.17. The minimum atomic E-state index is -0.537. The molecule has 172 valence electrons. The van der Waals surface area contributed by atoms with Gasteiger partial charge in [-0.15, -0.1) is 0 Å². The maximum absolute atomic E-state index is 13.0. The van der Waals surface area contributed by atoms with E-state index in [1.54, 1.807) is 18.9 Å². The van der Waals surface area contributed by atoms with E-state index in [4.69, 9.17) is 9.73 Å². The van der Waals surface area contributed by atoms with Gasteiger partial charge in [0.05, 0.1) is 13.2 Å². The van der Waals surface area contributed by atoms with E-state index in [9.17, 15) is 14.4 Å². The highest BCUT2D eigenvalue weighted by Gasteiger charge is 2.52. The molecule has 10 heteroatoms. The molecule has 31 heavy (non-hydrogen) atoms. The predicted octanol–water partition coefficient (Wildman–Crippen LogP) is 1.06. The summed E-state index contributed by atoms with van der Waals surface area (Å²) in [5.41, 5.74) is 0. The molecule has 3 aliphatic heterocycles. The van der Waals surface area contributed by atoms with Crippen LogP contribution in [0.15, 0.2) is 4.99 Å². The van der Waals surface area contributed by atoms with Gasteiger partial charge in [-0.3, -0.25) is 19.5 Å². The number of amides is 4. The summed E-state index contributed by atoms with van der Waals surface area (Å²) in [6.07, 6.45) is 4.10. The third-order valence-corrected chi connectivity index (χ3v) is 6.13. The van der Waals surface area contributed by atoms with Crippen LogP contribution in [0, 0.1) is 0 Å². The number of nitrogens with zero attached hydrogens (tertiary/aromatic N) is 6. The molecule has 1 atom stereocenters. The van der Waals surface area contributed by atoms with Gasteiger partial charge < -0.3 is 9.64 Å². The molecule has 0 aliphatic carbocycles. The molecular weight excluding hydrogens is 400 g/mol. The van der Waals surface area contributed by atoms with E-state index in [2.05, 4.69) is 16.4 Å². The van der Waals surface area contributed by atoms with Gasteiger partial charge in [-0.1, -0.05) is 19.8 Å². The number of aliphatic imine (C=N–C) groups is 1. The van der Waals surface area contributed by atoms with Crippen molar-refractivity contribution in [3.8, 4) is 0 Å². The second-order valence-corrected chi connectivity index (χ2v) is 8.24. The number of unbranched alkanes of at least 4 members (excludes halogenated alkanes) is 3. The summed E-state index contributed by atoms with van der Waals surface area (Å²) in [6.45, 7) is 8.29. The SMILES string of the molecule is CCCCCC[N+]1=C(CN2CCN(C(=O)OCC)CC2)N=C2C1C(=O)N(C)C(=O)N2C. The predicted molar refractivity (Wildman–Crippen MR) is 116 cm³/mol. The van der Waals surface area contributed by atoms with Crippen molar-refractivity contribution in [3.05, 3.63) is 0 Å². The molecule has 4 amide bonds. The molecule has 3 rings (SSSR count). The lowest BCUT2D eigenvalue weighted by Crippen LogP contribution is -2.61. The highest BCUT2D eigenvalue weighted by Crippen LogP contribution is 2.20. The third-order valence-electron chi connectivity index (χ3n) is 6.13. The topological polar surface area (TPSA) is 88.8 Å². The number of carbonyl (C=O) groups excluding carboxylic acids is 3. The second-order valence-electron chi connectivity index (χ2n) is 8.24. The molecule has 0 aromatic carbocycles. The number of hydrogen-bond donors (Lipinski definition) is 0. The van der Waals surface area contributed by atoms with Gasteiger partial charge in [0.25, 0.3) is 17.8 Å². The summed E-state index contributed by atoms with van der Waals surface area (Å²) in [5, 5.41) is 0. The normalized spacial score (nSPS) is 22.3. The third kappa shape index (κ3) is 4.89. The fourth-order valence-corrected chi connectivity index (χ4v) is 4.25. The quantitative estimate of drug-likeness (QED) is 0.420. The Kier molecular flexibility index (Phi) is 7.64. The fraction of sp³-hybridized carbons (Fsp3) is 0.762. The van der Waals surface area contributed by atoms with Crippen LogP contribution in [-0.2, 0) is 9.53 Å². The van der Waals surface area contributed by atoms with Gasteiger partial charge in [0.1, 0.15) is 6.54 Å². The average Bonchev–Trinajstić information content (AvgIpc) is 3.12. The van der Waals surface area contributed by atoms with Crippen LogP contribution in [0.3, 0.4) is 0 Å². The Hall–Kier alpha value is -2.49. The Morgan fingerprint density at radius 2 is 1.77 bits per heavy atom.